The van der Waals surface area contributed by atoms with Gasteiger partial charge in [0.2, 0.25) is 11.8 Å². The molecule has 0 aliphatic heterocycles. The van der Waals surface area contributed by atoms with Crippen LogP contribution in [0.25, 0.3) is 0 Å². The third-order valence-corrected chi connectivity index (χ3v) is 5.16. The first kappa shape index (κ1) is 26.2. The Kier molecular flexibility index (Phi) is 8.87. The second-order valence-electron chi connectivity index (χ2n) is 8.90. The van der Waals surface area contributed by atoms with Gasteiger partial charge in [-0.15, -0.1) is 0 Å². The number of hydrogen-bond donors (Lipinski definition) is 3. The average molecular weight is 478 g/mol. The van der Waals surface area contributed by atoms with Crippen molar-refractivity contribution in [2.24, 2.45) is 11.8 Å². The van der Waals surface area contributed by atoms with E-state index >= 15 is 0 Å². The molecule has 1 aromatic carbocycles. The maximum absolute atomic E-state index is 13.5. The summed E-state index contributed by atoms with van der Waals surface area (Å²) in [5.74, 6) is -0.681. The molecule has 2 aromatic rings. The number of nitrogen functional groups attached to an aromatic ring is 1. The number of aromatic amines is 1. The van der Waals surface area contributed by atoms with Gasteiger partial charge in [0.15, 0.2) is 5.69 Å². The molecule has 0 spiro atoms. The van der Waals surface area contributed by atoms with E-state index in [-0.39, 0.29) is 48.8 Å². The van der Waals surface area contributed by atoms with E-state index in [0.717, 1.165) is 0 Å². The summed E-state index contributed by atoms with van der Waals surface area (Å²) in [5.41, 5.74) is 5.53. The minimum absolute atomic E-state index is 0.00738. The monoisotopic (exact) mass is 477 g/mol. The number of nitrogens with zero attached hydrogens (tertiary/aromatic N) is 2. The third kappa shape index (κ3) is 6.95. The molecule has 0 aliphatic carbocycles. The summed E-state index contributed by atoms with van der Waals surface area (Å²) in [6.45, 7) is 9.49. The number of H-pyrrole nitrogens is 1. The van der Waals surface area contributed by atoms with E-state index in [1.807, 2.05) is 27.7 Å². The molecule has 1 heterocycles. The summed E-state index contributed by atoms with van der Waals surface area (Å²) in [4.78, 5) is 54.0. The lowest BCUT2D eigenvalue weighted by Crippen LogP contribution is -2.44. The molecular weight excluding hydrogens is 446 g/mol. The zero-order valence-electron chi connectivity index (χ0n) is 19.6. The van der Waals surface area contributed by atoms with Crippen molar-refractivity contribution in [3.05, 3.63) is 55.7 Å². The summed E-state index contributed by atoms with van der Waals surface area (Å²) >= 11 is 5.97. The summed E-state index contributed by atoms with van der Waals surface area (Å²) < 4.78 is 1.27. The lowest BCUT2D eigenvalue weighted by molar-refractivity contribution is -0.121. The fourth-order valence-corrected chi connectivity index (χ4v) is 3.67. The Labute approximate surface area is 197 Å². The highest BCUT2D eigenvalue weighted by Gasteiger charge is 2.28. The molecule has 1 atom stereocenters. The quantitative estimate of drug-likeness (QED) is 0.511. The predicted octanol–water partition coefficient (Wildman–Crippen LogP) is 2.68. The fraction of sp³-hybridized carbons (Fsp3) is 0.478. The molecule has 9 nitrogen and oxygen atoms in total. The lowest BCUT2D eigenvalue weighted by Gasteiger charge is -2.28. The number of nitrogens with two attached hydrogens (primary N) is 1. The number of nitrogens with one attached hydrogen (secondary N) is 2. The highest BCUT2D eigenvalue weighted by molar-refractivity contribution is 6.30. The molecule has 0 bridgehead atoms. The van der Waals surface area contributed by atoms with Gasteiger partial charge in [0.05, 0.1) is 12.5 Å². The topological polar surface area (TPSA) is 130 Å². The zero-order chi connectivity index (χ0) is 24.9. The molecule has 0 aliphatic rings. The van der Waals surface area contributed by atoms with Gasteiger partial charge in [0.25, 0.3) is 5.56 Å². The molecule has 10 heteroatoms. The number of aromatic nitrogens is 2. The minimum Gasteiger partial charge on any atom is -0.383 e. The number of benzene rings is 1. The van der Waals surface area contributed by atoms with Gasteiger partial charge in [0, 0.05) is 25.0 Å². The van der Waals surface area contributed by atoms with Crippen molar-refractivity contribution in [1.82, 2.24) is 14.9 Å². The Hall–Kier alpha value is -3.07. The van der Waals surface area contributed by atoms with Gasteiger partial charge in [-0.1, -0.05) is 51.4 Å². The van der Waals surface area contributed by atoms with E-state index in [4.69, 9.17) is 17.3 Å². The predicted molar refractivity (Wildman–Crippen MR) is 130 cm³/mol. The molecule has 0 saturated carbocycles. The molecule has 180 valence electrons. The van der Waals surface area contributed by atoms with Crippen LogP contribution in [0.2, 0.25) is 5.02 Å². The highest BCUT2D eigenvalue weighted by Crippen LogP contribution is 2.25. The number of halogens is 1. The van der Waals surface area contributed by atoms with Gasteiger partial charge < -0.3 is 16.0 Å². The van der Waals surface area contributed by atoms with Crippen LogP contribution < -0.4 is 27.2 Å². The largest absolute Gasteiger partial charge is 0.383 e. The summed E-state index contributed by atoms with van der Waals surface area (Å²) in [6, 6.07) is 6.17. The summed E-state index contributed by atoms with van der Waals surface area (Å²) in [7, 11) is 0. The molecule has 0 fully saturated rings. The molecule has 2 amide bonds. The Morgan fingerprint density at radius 3 is 2.24 bits per heavy atom. The van der Waals surface area contributed by atoms with Crippen molar-refractivity contribution in [2.45, 2.75) is 53.6 Å². The summed E-state index contributed by atoms with van der Waals surface area (Å²) in [5, 5.41) is 3.31. The van der Waals surface area contributed by atoms with Crippen LogP contribution in [-0.4, -0.2) is 27.9 Å². The number of anilines is 2. The average Bonchev–Trinajstić information content (AvgIpc) is 2.69. The van der Waals surface area contributed by atoms with Crippen LogP contribution in [0.5, 0.6) is 0 Å². The standard InChI is InChI=1S/C23H32ClN5O4/c1-13(2)11-28(20-21(25)29(12-14(3)4)23(33)27-22(20)32)19(31)10-18(26-15(5)30)16-6-8-17(24)9-7-16/h6-9,13-14,18H,10-12,25H2,1-5H3,(H,26,30)(H,27,32,33). The van der Waals surface area contributed by atoms with Crippen molar-refractivity contribution >= 4 is 34.9 Å². The first-order chi connectivity index (χ1) is 15.4. The number of amides is 2. The Balaban J connectivity index is 2.52. The fourth-order valence-electron chi connectivity index (χ4n) is 3.55. The van der Waals surface area contributed by atoms with Gasteiger partial charge in [-0.2, -0.15) is 0 Å². The van der Waals surface area contributed by atoms with Crippen molar-refractivity contribution in [2.75, 3.05) is 17.2 Å². The van der Waals surface area contributed by atoms with E-state index < -0.39 is 23.2 Å². The van der Waals surface area contributed by atoms with E-state index in [1.165, 1.54) is 16.4 Å². The van der Waals surface area contributed by atoms with Crippen molar-refractivity contribution in [3.63, 3.8) is 0 Å². The Morgan fingerprint density at radius 2 is 1.73 bits per heavy atom. The third-order valence-electron chi connectivity index (χ3n) is 4.91. The van der Waals surface area contributed by atoms with Gasteiger partial charge in [-0.25, -0.2) is 4.79 Å². The van der Waals surface area contributed by atoms with Crippen LogP contribution >= 0.6 is 11.6 Å². The first-order valence-corrected chi connectivity index (χ1v) is 11.2. The molecule has 33 heavy (non-hydrogen) atoms. The van der Waals surface area contributed by atoms with E-state index in [0.29, 0.717) is 10.6 Å². The van der Waals surface area contributed by atoms with Crippen LogP contribution in [0.4, 0.5) is 11.5 Å². The van der Waals surface area contributed by atoms with Crippen LogP contribution in [0, 0.1) is 11.8 Å². The van der Waals surface area contributed by atoms with Gasteiger partial charge in [-0.3, -0.25) is 23.9 Å². The van der Waals surface area contributed by atoms with Crippen molar-refractivity contribution in [3.8, 4) is 0 Å². The minimum atomic E-state index is -0.728. The maximum Gasteiger partial charge on any atom is 0.330 e. The molecule has 0 radical (unpaired) electrons. The maximum atomic E-state index is 13.5. The normalized spacial score (nSPS) is 12.1. The van der Waals surface area contributed by atoms with E-state index in [1.54, 1.807) is 24.3 Å². The van der Waals surface area contributed by atoms with Crippen LogP contribution in [0.1, 0.15) is 52.6 Å². The molecule has 0 saturated heterocycles. The zero-order valence-corrected chi connectivity index (χ0v) is 20.4. The number of carbonyl (C=O) groups is 2. The SMILES string of the molecule is CC(=O)NC(CC(=O)N(CC(C)C)c1c(N)n(CC(C)C)c(=O)[nH]c1=O)c1ccc(Cl)cc1. The number of rotatable bonds is 9. The van der Waals surface area contributed by atoms with E-state index in [2.05, 4.69) is 10.3 Å². The molecule has 1 unspecified atom stereocenters. The number of carbonyl (C=O) groups excluding carboxylic acids is 2. The van der Waals surface area contributed by atoms with Crippen LogP contribution in [-0.2, 0) is 16.1 Å². The Morgan fingerprint density at radius 1 is 1.12 bits per heavy atom. The molecular formula is C23H32ClN5O4. The van der Waals surface area contributed by atoms with Gasteiger partial charge in [-0.05, 0) is 29.5 Å². The van der Waals surface area contributed by atoms with Crippen molar-refractivity contribution in [1.29, 1.82) is 0 Å². The second kappa shape index (κ2) is 11.2. The molecule has 4 N–H and O–H groups in total. The summed E-state index contributed by atoms with van der Waals surface area (Å²) in [6.07, 6.45) is -0.115. The molecule has 2 rings (SSSR count). The molecule has 1 aromatic heterocycles. The first-order valence-electron chi connectivity index (χ1n) is 10.9. The van der Waals surface area contributed by atoms with Gasteiger partial charge in [0.1, 0.15) is 5.82 Å². The van der Waals surface area contributed by atoms with E-state index in [9.17, 15) is 19.2 Å². The van der Waals surface area contributed by atoms with Crippen LogP contribution in [0.15, 0.2) is 33.9 Å². The van der Waals surface area contributed by atoms with Crippen LogP contribution in [0.3, 0.4) is 0 Å². The lowest BCUT2D eigenvalue weighted by atomic mass is 10.0. The van der Waals surface area contributed by atoms with Crippen molar-refractivity contribution < 1.29 is 9.59 Å². The second-order valence-corrected chi connectivity index (χ2v) is 9.34. The number of hydrogen-bond acceptors (Lipinski definition) is 5. The van der Waals surface area contributed by atoms with Gasteiger partial charge >= 0.3 is 5.69 Å². The smallest absolute Gasteiger partial charge is 0.330 e. The Bertz CT molecular complexity index is 1110. The highest BCUT2D eigenvalue weighted by atomic mass is 35.5.